The molecule has 0 nitrogen and oxygen atoms in total. The molecule has 1 fully saturated rings. The van der Waals surface area contributed by atoms with Crippen LogP contribution in [0.5, 0.6) is 0 Å². The SMILES string of the molecule is CC(CC1(C(C)(C)C)SC1(C)C)C(C)(C)C. The van der Waals surface area contributed by atoms with E-state index in [0.717, 1.165) is 5.92 Å². The fraction of sp³-hybridized carbons (Fsp3) is 1.00. The van der Waals surface area contributed by atoms with Crippen LogP contribution in [0.15, 0.2) is 0 Å². The average molecular weight is 242 g/mol. The highest BCUT2D eigenvalue weighted by Gasteiger charge is 2.68. The van der Waals surface area contributed by atoms with E-state index in [1.54, 1.807) is 0 Å². The van der Waals surface area contributed by atoms with Crippen molar-refractivity contribution in [3.8, 4) is 0 Å². The Hall–Kier alpha value is 0.350. The van der Waals surface area contributed by atoms with E-state index in [2.05, 4.69) is 74.1 Å². The molecule has 16 heavy (non-hydrogen) atoms. The molecule has 0 bridgehead atoms. The van der Waals surface area contributed by atoms with Crippen LogP contribution in [0.1, 0.15) is 68.7 Å². The lowest BCUT2D eigenvalue weighted by atomic mass is 9.66. The van der Waals surface area contributed by atoms with Gasteiger partial charge < -0.3 is 0 Å². The van der Waals surface area contributed by atoms with Gasteiger partial charge in [0.1, 0.15) is 0 Å². The second-order valence-electron chi connectivity index (χ2n) is 8.16. The van der Waals surface area contributed by atoms with Gasteiger partial charge in [-0.05, 0) is 37.0 Å². The Morgan fingerprint density at radius 1 is 1.00 bits per heavy atom. The van der Waals surface area contributed by atoms with Gasteiger partial charge in [0, 0.05) is 9.49 Å². The summed E-state index contributed by atoms with van der Waals surface area (Å²) in [6, 6.07) is 0. The maximum Gasteiger partial charge on any atom is 0.0358 e. The van der Waals surface area contributed by atoms with Crippen molar-refractivity contribution in [3.63, 3.8) is 0 Å². The van der Waals surface area contributed by atoms with Crippen molar-refractivity contribution in [1.29, 1.82) is 0 Å². The van der Waals surface area contributed by atoms with Gasteiger partial charge >= 0.3 is 0 Å². The molecule has 2 atom stereocenters. The van der Waals surface area contributed by atoms with Crippen molar-refractivity contribution < 1.29 is 0 Å². The Morgan fingerprint density at radius 3 is 1.56 bits per heavy atom. The van der Waals surface area contributed by atoms with Gasteiger partial charge in [-0.3, -0.25) is 0 Å². The molecule has 0 aliphatic carbocycles. The fourth-order valence-corrected chi connectivity index (χ4v) is 4.65. The van der Waals surface area contributed by atoms with Gasteiger partial charge in [-0.2, -0.15) is 0 Å². The van der Waals surface area contributed by atoms with Gasteiger partial charge in [0.15, 0.2) is 0 Å². The van der Waals surface area contributed by atoms with Gasteiger partial charge in [0.2, 0.25) is 0 Å². The molecule has 1 heteroatoms. The standard InChI is InChI=1S/C15H30S/c1-11(12(2,3)4)10-15(13(5,6)7)14(8,9)16-15/h11H,10H2,1-9H3. The highest BCUT2D eigenvalue weighted by Crippen LogP contribution is 2.73. The largest absolute Gasteiger partial charge is 0.145 e. The van der Waals surface area contributed by atoms with Crippen LogP contribution in [-0.4, -0.2) is 9.49 Å². The lowest BCUT2D eigenvalue weighted by molar-refractivity contribution is 0.174. The van der Waals surface area contributed by atoms with Crippen molar-refractivity contribution in [1.82, 2.24) is 0 Å². The predicted molar refractivity (Wildman–Crippen MR) is 77.1 cm³/mol. The molecule has 0 N–H and O–H groups in total. The first-order valence-corrected chi connectivity index (χ1v) is 7.35. The summed E-state index contributed by atoms with van der Waals surface area (Å²) < 4.78 is 0.942. The van der Waals surface area contributed by atoms with E-state index in [-0.39, 0.29) is 0 Å². The fourth-order valence-electron chi connectivity index (χ4n) is 2.80. The monoisotopic (exact) mass is 242 g/mol. The molecule has 0 aromatic heterocycles. The van der Waals surface area contributed by atoms with Crippen molar-refractivity contribution in [2.24, 2.45) is 16.7 Å². The molecule has 1 heterocycles. The molecule has 0 aromatic carbocycles. The van der Waals surface area contributed by atoms with Crippen LogP contribution in [0.4, 0.5) is 0 Å². The van der Waals surface area contributed by atoms with Gasteiger partial charge in [-0.1, -0.05) is 48.5 Å². The number of hydrogen-bond acceptors (Lipinski definition) is 1. The maximum absolute atomic E-state index is 2.42. The van der Waals surface area contributed by atoms with Crippen molar-refractivity contribution in [2.75, 3.05) is 0 Å². The molecule has 96 valence electrons. The molecule has 0 radical (unpaired) electrons. The molecule has 1 aliphatic heterocycles. The first-order valence-electron chi connectivity index (χ1n) is 6.54. The zero-order chi connectivity index (χ0) is 13.0. The molecule has 0 spiro atoms. The third-order valence-electron chi connectivity index (χ3n) is 4.64. The average Bonchev–Trinajstić information content (AvgIpc) is 2.50. The van der Waals surface area contributed by atoms with Gasteiger partial charge in [-0.15, -0.1) is 11.8 Å². The summed E-state index contributed by atoms with van der Waals surface area (Å²) >= 11 is 2.19. The van der Waals surface area contributed by atoms with E-state index in [1.165, 1.54) is 6.42 Å². The van der Waals surface area contributed by atoms with E-state index in [1.807, 2.05) is 0 Å². The van der Waals surface area contributed by atoms with E-state index in [4.69, 9.17) is 0 Å². The maximum atomic E-state index is 2.42. The summed E-state index contributed by atoms with van der Waals surface area (Å²) in [5.41, 5.74) is 0.832. The van der Waals surface area contributed by atoms with E-state index in [0.29, 0.717) is 20.3 Å². The second kappa shape index (κ2) is 3.67. The van der Waals surface area contributed by atoms with Crippen LogP contribution in [0.3, 0.4) is 0 Å². The molecule has 0 saturated carbocycles. The highest BCUT2D eigenvalue weighted by molar-refractivity contribution is 8.09. The smallest absolute Gasteiger partial charge is 0.0358 e. The van der Waals surface area contributed by atoms with Gasteiger partial charge in [-0.25, -0.2) is 0 Å². The zero-order valence-electron chi connectivity index (χ0n) is 12.7. The first-order chi connectivity index (χ1) is 6.83. The molecule has 0 aromatic rings. The summed E-state index contributed by atoms with van der Waals surface area (Å²) in [4.78, 5) is 0. The molecule has 1 rings (SSSR count). The van der Waals surface area contributed by atoms with Crippen molar-refractivity contribution >= 4 is 11.8 Å². The van der Waals surface area contributed by atoms with E-state index >= 15 is 0 Å². The molecular formula is C15H30S. The van der Waals surface area contributed by atoms with E-state index in [9.17, 15) is 0 Å². The van der Waals surface area contributed by atoms with Crippen molar-refractivity contribution in [2.45, 2.75) is 78.2 Å². The molecule has 1 aliphatic rings. The predicted octanol–water partition coefficient (Wildman–Crippen LogP) is 5.37. The number of thioether (sulfide) groups is 1. The van der Waals surface area contributed by atoms with Crippen LogP contribution in [0.2, 0.25) is 0 Å². The highest BCUT2D eigenvalue weighted by atomic mass is 32.2. The molecule has 1 saturated heterocycles. The van der Waals surface area contributed by atoms with Crippen LogP contribution in [0.25, 0.3) is 0 Å². The van der Waals surface area contributed by atoms with Crippen LogP contribution >= 0.6 is 11.8 Å². The van der Waals surface area contributed by atoms with E-state index < -0.39 is 0 Å². The van der Waals surface area contributed by atoms with Crippen LogP contribution in [-0.2, 0) is 0 Å². The molecule has 2 unspecified atom stereocenters. The molecule has 0 amide bonds. The number of rotatable bonds is 2. The molecular weight excluding hydrogens is 212 g/mol. The normalized spacial score (nSPS) is 31.3. The lowest BCUT2D eigenvalue weighted by Crippen LogP contribution is -2.39. The summed E-state index contributed by atoms with van der Waals surface area (Å²) in [5, 5.41) is 0. The third kappa shape index (κ3) is 2.30. The second-order valence-corrected chi connectivity index (χ2v) is 10.1. The quantitative estimate of drug-likeness (QED) is 0.587. The third-order valence-corrected chi connectivity index (χ3v) is 6.94. The summed E-state index contributed by atoms with van der Waals surface area (Å²) in [6.45, 7) is 21.6. The minimum absolute atomic E-state index is 0.403. The van der Waals surface area contributed by atoms with Crippen LogP contribution in [0, 0.1) is 16.7 Å². The topological polar surface area (TPSA) is 0 Å². The first kappa shape index (κ1) is 14.4. The Kier molecular flexibility index (Phi) is 3.31. The Bertz CT molecular complexity index is 264. The minimum Gasteiger partial charge on any atom is -0.145 e. The van der Waals surface area contributed by atoms with Gasteiger partial charge in [0.05, 0.1) is 0 Å². The minimum atomic E-state index is 0.403. The Labute approximate surface area is 107 Å². The Morgan fingerprint density at radius 2 is 1.38 bits per heavy atom. The van der Waals surface area contributed by atoms with Crippen LogP contribution < -0.4 is 0 Å². The Balaban J connectivity index is 2.86. The summed E-state index contributed by atoms with van der Waals surface area (Å²) in [7, 11) is 0. The van der Waals surface area contributed by atoms with Gasteiger partial charge in [0.25, 0.3) is 0 Å². The summed E-state index contributed by atoms with van der Waals surface area (Å²) in [5.74, 6) is 0.779. The lowest BCUT2D eigenvalue weighted by Gasteiger charge is -2.38. The number of hydrogen-bond donors (Lipinski definition) is 0. The zero-order valence-corrected chi connectivity index (χ0v) is 13.5. The van der Waals surface area contributed by atoms with Crippen molar-refractivity contribution in [3.05, 3.63) is 0 Å². The summed E-state index contributed by atoms with van der Waals surface area (Å²) in [6.07, 6.45) is 1.34.